The molecule has 1 aromatic carbocycles. The summed E-state index contributed by atoms with van der Waals surface area (Å²) < 4.78 is 32.4. The van der Waals surface area contributed by atoms with Crippen molar-refractivity contribution >= 4 is 28.8 Å². The Bertz CT molecular complexity index is 1020. The monoisotopic (exact) mass is 352 g/mol. The minimum absolute atomic E-state index is 0.0317. The SMILES string of the molecule is O=C(O)Oc1cn(-c2ccc(F)cc2)c2nc(Cl)c(F)cc2c1=O. The summed E-state index contributed by atoms with van der Waals surface area (Å²) >= 11 is 5.66. The highest BCUT2D eigenvalue weighted by molar-refractivity contribution is 6.29. The lowest BCUT2D eigenvalue weighted by Crippen LogP contribution is -2.16. The quantitative estimate of drug-likeness (QED) is 0.565. The molecule has 0 bridgehead atoms. The number of hydrogen-bond donors (Lipinski definition) is 1. The minimum Gasteiger partial charge on any atom is -0.449 e. The average Bonchev–Trinajstić information content (AvgIpc) is 2.53. The molecule has 0 amide bonds. The molecule has 0 aliphatic carbocycles. The highest BCUT2D eigenvalue weighted by Crippen LogP contribution is 2.23. The molecule has 3 aromatic rings. The molecule has 0 fully saturated rings. The highest BCUT2D eigenvalue weighted by atomic mass is 35.5. The van der Waals surface area contributed by atoms with Crippen molar-refractivity contribution in [1.29, 1.82) is 0 Å². The smallest absolute Gasteiger partial charge is 0.449 e. The molecule has 0 unspecified atom stereocenters. The number of carbonyl (C=O) groups is 1. The Morgan fingerprint density at radius 2 is 1.92 bits per heavy atom. The Kier molecular flexibility index (Phi) is 3.90. The number of carboxylic acid groups (broad SMARTS) is 1. The summed E-state index contributed by atoms with van der Waals surface area (Å²) in [6.45, 7) is 0. The summed E-state index contributed by atoms with van der Waals surface area (Å²) in [5.74, 6) is -2.00. The molecule has 0 spiro atoms. The summed E-state index contributed by atoms with van der Waals surface area (Å²) in [5, 5.41) is 8.03. The Hall–Kier alpha value is -3.00. The lowest BCUT2D eigenvalue weighted by molar-refractivity contribution is 0.144. The van der Waals surface area contributed by atoms with Gasteiger partial charge in [0.15, 0.2) is 22.4 Å². The largest absolute Gasteiger partial charge is 0.511 e. The fraction of sp³-hybridized carbons (Fsp3) is 0. The van der Waals surface area contributed by atoms with Crippen molar-refractivity contribution in [3.63, 3.8) is 0 Å². The van der Waals surface area contributed by atoms with Crippen molar-refractivity contribution in [1.82, 2.24) is 9.55 Å². The van der Waals surface area contributed by atoms with E-state index in [-0.39, 0.29) is 11.0 Å². The zero-order chi connectivity index (χ0) is 17.4. The van der Waals surface area contributed by atoms with Crippen molar-refractivity contribution in [2.24, 2.45) is 0 Å². The molecule has 9 heteroatoms. The van der Waals surface area contributed by atoms with Gasteiger partial charge in [-0.1, -0.05) is 11.6 Å². The van der Waals surface area contributed by atoms with E-state index in [0.29, 0.717) is 5.69 Å². The number of fused-ring (bicyclic) bond motifs is 1. The van der Waals surface area contributed by atoms with Crippen molar-refractivity contribution in [2.75, 3.05) is 0 Å². The van der Waals surface area contributed by atoms with E-state index in [1.54, 1.807) is 0 Å². The molecular formula is C15H7ClF2N2O4. The first kappa shape index (κ1) is 15.9. The average molecular weight is 353 g/mol. The van der Waals surface area contributed by atoms with Gasteiger partial charge in [-0.3, -0.25) is 9.36 Å². The van der Waals surface area contributed by atoms with Crippen molar-refractivity contribution in [3.8, 4) is 11.4 Å². The minimum atomic E-state index is -1.71. The molecule has 0 saturated heterocycles. The van der Waals surface area contributed by atoms with Gasteiger partial charge in [-0.25, -0.2) is 18.6 Å². The van der Waals surface area contributed by atoms with Gasteiger partial charge in [0.1, 0.15) is 5.82 Å². The Morgan fingerprint density at radius 3 is 2.54 bits per heavy atom. The first-order chi connectivity index (χ1) is 11.4. The number of hydrogen-bond acceptors (Lipinski definition) is 4. The molecule has 6 nitrogen and oxygen atoms in total. The number of nitrogens with zero attached hydrogens (tertiary/aromatic N) is 2. The van der Waals surface area contributed by atoms with Crippen molar-refractivity contribution in [3.05, 3.63) is 63.5 Å². The Balaban J connectivity index is 2.39. The highest BCUT2D eigenvalue weighted by Gasteiger charge is 2.17. The third-order valence-electron chi connectivity index (χ3n) is 3.16. The van der Waals surface area contributed by atoms with Crippen LogP contribution in [0.15, 0.2) is 41.3 Å². The molecule has 0 saturated carbocycles. The summed E-state index contributed by atoms with van der Waals surface area (Å²) in [4.78, 5) is 26.8. The van der Waals surface area contributed by atoms with E-state index >= 15 is 0 Å². The second kappa shape index (κ2) is 5.89. The standard InChI is InChI=1S/C15H7ClF2N2O4/c16-13-10(18)5-9-12(21)11(24-15(22)23)6-20(14(9)19-13)8-3-1-7(17)2-4-8/h1-6H,(H,22,23). The van der Waals surface area contributed by atoms with Crippen molar-refractivity contribution in [2.45, 2.75) is 0 Å². The van der Waals surface area contributed by atoms with Gasteiger partial charge in [-0.2, -0.15) is 0 Å². The van der Waals surface area contributed by atoms with E-state index in [1.807, 2.05) is 0 Å². The van der Waals surface area contributed by atoms with Gasteiger partial charge in [0.25, 0.3) is 0 Å². The molecule has 0 aliphatic rings. The second-order valence-corrected chi connectivity index (χ2v) is 5.03. The molecule has 2 aromatic heterocycles. The van der Waals surface area contributed by atoms with Crippen LogP contribution in [0, 0.1) is 11.6 Å². The number of rotatable bonds is 2. The van der Waals surface area contributed by atoms with Crippen LogP contribution in [0.1, 0.15) is 0 Å². The van der Waals surface area contributed by atoms with Crippen LogP contribution in [0.25, 0.3) is 16.7 Å². The van der Waals surface area contributed by atoms with Gasteiger partial charge in [-0.15, -0.1) is 0 Å². The predicted octanol–water partition coefficient (Wildman–Crippen LogP) is 3.37. The molecule has 24 heavy (non-hydrogen) atoms. The number of aromatic nitrogens is 2. The maximum Gasteiger partial charge on any atom is 0.511 e. The van der Waals surface area contributed by atoms with Crippen LogP contribution < -0.4 is 10.2 Å². The molecule has 1 N–H and O–H groups in total. The zero-order valence-corrected chi connectivity index (χ0v) is 12.4. The third kappa shape index (κ3) is 2.79. The zero-order valence-electron chi connectivity index (χ0n) is 11.7. The fourth-order valence-corrected chi connectivity index (χ4v) is 2.28. The topological polar surface area (TPSA) is 81.4 Å². The third-order valence-corrected chi connectivity index (χ3v) is 3.42. The number of benzene rings is 1. The molecule has 0 radical (unpaired) electrons. The first-order valence-corrected chi connectivity index (χ1v) is 6.83. The van der Waals surface area contributed by atoms with E-state index < -0.39 is 34.1 Å². The van der Waals surface area contributed by atoms with E-state index in [1.165, 1.54) is 16.7 Å². The second-order valence-electron chi connectivity index (χ2n) is 4.67. The summed E-state index contributed by atoms with van der Waals surface area (Å²) in [6, 6.07) is 5.87. The predicted molar refractivity (Wildman–Crippen MR) is 80.9 cm³/mol. The Morgan fingerprint density at radius 1 is 1.25 bits per heavy atom. The molecule has 2 heterocycles. The summed E-state index contributed by atoms with van der Waals surface area (Å²) in [6.07, 6.45) is -0.646. The van der Waals surface area contributed by atoms with Crippen molar-refractivity contribution < 1.29 is 23.4 Å². The molecule has 0 atom stereocenters. The lowest BCUT2D eigenvalue weighted by Gasteiger charge is -2.12. The van der Waals surface area contributed by atoms with E-state index in [9.17, 15) is 18.4 Å². The number of pyridine rings is 2. The van der Waals surface area contributed by atoms with Crippen LogP contribution in [-0.2, 0) is 0 Å². The van der Waals surface area contributed by atoms with Gasteiger partial charge in [-0.05, 0) is 30.3 Å². The molecule has 122 valence electrons. The normalized spacial score (nSPS) is 10.8. The Labute approximate surface area is 137 Å². The lowest BCUT2D eigenvalue weighted by atomic mass is 10.2. The molecule has 0 aliphatic heterocycles. The van der Waals surface area contributed by atoms with Gasteiger partial charge in [0, 0.05) is 5.69 Å². The summed E-state index contributed by atoms with van der Waals surface area (Å²) in [7, 11) is 0. The van der Waals surface area contributed by atoms with Crippen LogP contribution >= 0.6 is 11.6 Å². The number of ether oxygens (including phenoxy) is 1. The molecule has 3 rings (SSSR count). The van der Waals surface area contributed by atoms with E-state index in [4.69, 9.17) is 16.7 Å². The van der Waals surface area contributed by atoms with E-state index in [2.05, 4.69) is 9.72 Å². The maximum atomic E-state index is 13.7. The van der Waals surface area contributed by atoms with Gasteiger partial charge in [0.05, 0.1) is 11.6 Å². The van der Waals surface area contributed by atoms with Gasteiger partial charge >= 0.3 is 6.16 Å². The summed E-state index contributed by atoms with van der Waals surface area (Å²) in [5.41, 5.74) is -0.559. The number of halogens is 3. The molecular weight excluding hydrogens is 346 g/mol. The van der Waals surface area contributed by atoms with Crippen LogP contribution in [0.5, 0.6) is 5.75 Å². The van der Waals surface area contributed by atoms with Gasteiger partial charge < -0.3 is 9.84 Å². The first-order valence-electron chi connectivity index (χ1n) is 6.45. The maximum absolute atomic E-state index is 13.7. The van der Waals surface area contributed by atoms with Crippen LogP contribution in [0.2, 0.25) is 5.15 Å². The van der Waals surface area contributed by atoms with E-state index in [0.717, 1.165) is 24.4 Å². The fourth-order valence-electron chi connectivity index (χ4n) is 2.14. The van der Waals surface area contributed by atoms with Crippen LogP contribution in [-0.4, -0.2) is 20.8 Å². The van der Waals surface area contributed by atoms with Crippen LogP contribution in [0.4, 0.5) is 13.6 Å². The van der Waals surface area contributed by atoms with Gasteiger partial charge in [0.2, 0.25) is 5.43 Å². The van der Waals surface area contributed by atoms with Crippen LogP contribution in [0.3, 0.4) is 0 Å².